The molecule has 0 radical (unpaired) electrons. The number of rotatable bonds is 3. The van der Waals surface area contributed by atoms with Crippen molar-refractivity contribution in [2.45, 2.75) is 6.92 Å². The number of ketones is 1. The molecule has 0 aromatic carbocycles. The Morgan fingerprint density at radius 1 is 1.55 bits per heavy atom. The van der Waals surface area contributed by atoms with E-state index in [1.807, 2.05) is 0 Å². The monoisotopic (exact) mass is 151 g/mol. The van der Waals surface area contributed by atoms with Crippen molar-refractivity contribution >= 4 is 11.7 Å². The fourth-order valence-electron chi connectivity index (χ4n) is 0.390. The molecule has 0 rings (SSSR count). The van der Waals surface area contributed by atoms with Crippen LogP contribution in [0.3, 0.4) is 0 Å². The van der Waals surface area contributed by atoms with E-state index in [0.717, 1.165) is 6.08 Å². The maximum atomic E-state index is 10.7. The van der Waals surface area contributed by atoms with E-state index >= 15 is 0 Å². The Morgan fingerprint density at radius 3 is 2.64 bits per heavy atom. The number of allylic oxidation sites excluding steroid dienone is 1. The van der Waals surface area contributed by atoms with E-state index in [9.17, 15) is 9.59 Å². The molecule has 1 N–H and O–H groups in total. The van der Waals surface area contributed by atoms with Crippen LogP contribution in [-0.4, -0.2) is 18.2 Å². The summed E-state index contributed by atoms with van der Waals surface area (Å²) in [7, 11) is 0. The second-order valence-corrected chi connectivity index (χ2v) is 1.87. The van der Waals surface area contributed by atoms with Crippen LogP contribution in [0.1, 0.15) is 6.92 Å². The summed E-state index contributed by atoms with van der Waals surface area (Å²) in [5.74, 6) is 1.72. The number of hydrogen-bond acceptors (Lipinski definition) is 2. The van der Waals surface area contributed by atoms with Gasteiger partial charge in [-0.15, -0.1) is 6.42 Å². The Bertz CT molecular complexity index is 223. The molecule has 3 heteroatoms. The average Bonchev–Trinajstić information content (AvgIpc) is 1.97. The molecule has 0 saturated heterocycles. The minimum absolute atomic E-state index is 0.166. The average molecular weight is 151 g/mol. The van der Waals surface area contributed by atoms with E-state index in [4.69, 9.17) is 6.42 Å². The first-order chi connectivity index (χ1) is 5.16. The quantitative estimate of drug-likeness (QED) is 0.451. The highest BCUT2D eigenvalue weighted by Gasteiger charge is 1.91. The minimum atomic E-state index is -0.349. The van der Waals surface area contributed by atoms with Crippen molar-refractivity contribution < 1.29 is 9.59 Å². The van der Waals surface area contributed by atoms with Crippen LogP contribution < -0.4 is 5.32 Å². The zero-order valence-electron chi connectivity index (χ0n) is 6.26. The number of terminal acetylenes is 1. The molecule has 0 aliphatic heterocycles. The Hall–Kier alpha value is -1.56. The molecule has 0 bridgehead atoms. The van der Waals surface area contributed by atoms with Gasteiger partial charge in [0, 0.05) is 6.08 Å². The van der Waals surface area contributed by atoms with Crippen LogP contribution in [0.5, 0.6) is 0 Å². The van der Waals surface area contributed by atoms with E-state index in [2.05, 4.69) is 11.2 Å². The first-order valence-corrected chi connectivity index (χ1v) is 3.06. The highest BCUT2D eigenvalue weighted by Crippen LogP contribution is 1.74. The lowest BCUT2D eigenvalue weighted by molar-refractivity contribution is -0.117. The van der Waals surface area contributed by atoms with Gasteiger partial charge in [-0.05, 0) is 13.0 Å². The summed E-state index contributed by atoms with van der Waals surface area (Å²) in [5, 5.41) is 2.37. The second-order valence-electron chi connectivity index (χ2n) is 1.87. The van der Waals surface area contributed by atoms with Gasteiger partial charge in [0.05, 0.1) is 6.54 Å². The van der Waals surface area contributed by atoms with Crippen molar-refractivity contribution in [3.05, 3.63) is 12.2 Å². The molecular weight excluding hydrogens is 142 g/mol. The van der Waals surface area contributed by atoms with Gasteiger partial charge in [0.15, 0.2) is 5.78 Å². The molecule has 0 aromatic heterocycles. The summed E-state index contributed by atoms with van der Waals surface area (Å²) >= 11 is 0. The molecule has 0 spiro atoms. The largest absolute Gasteiger partial charge is 0.342 e. The van der Waals surface area contributed by atoms with Crippen molar-refractivity contribution in [3.8, 4) is 12.3 Å². The summed E-state index contributed by atoms with van der Waals surface area (Å²) < 4.78 is 0. The SMILES string of the molecule is C#CCNC(=O)/C=C/C(C)=O. The fraction of sp³-hybridized carbons (Fsp3) is 0.250. The second kappa shape index (κ2) is 5.24. The van der Waals surface area contributed by atoms with Crippen molar-refractivity contribution in [1.29, 1.82) is 0 Å². The number of carbonyl (C=O) groups is 2. The summed E-state index contributed by atoms with van der Waals surface area (Å²) in [6, 6.07) is 0. The van der Waals surface area contributed by atoms with E-state index in [0.29, 0.717) is 0 Å². The third-order valence-electron chi connectivity index (χ3n) is 0.834. The van der Waals surface area contributed by atoms with E-state index in [-0.39, 0.29) is 18.2 Å². The lowest BCUT2D eigenvalue weighted by atomic mass is 10.4. The highest BCUT2D eigenvalue weighted by atomic mass is 16.1. The Kier molecular flexibility index (Phi) is 4.50. The van der Waals surface area contributed by atoms with Crippen LogP contribution in [0, 0.1) is 12.3 Å². The van der Waals surface area contributed by atoms with Crippen molar-refractivity contribution in [2.24, 2.45) is 0 Å². The van der Waals surface area contributed by atoms with Gasteiger partial charge < -0.3 is 5.32 Å². The summed E-state index contributed by atoms with van der Waals surface area (Å²) in [5.41, 5.74) is 0. The topological polar surface area (TPSA) is 46.2 Å². The molecule has 1 amide bonds. The van der Waals surface area contributed by atoms with Gasteiger partial charge in [0.25, 0.3) is 0 Å². The molecule has 0 aliphatic carbocycles. The van der Waals surface area contributed by atoms with Gasteiger partial charge in [-0.25, -0.2) is 0 Å². The Morgan fingerprint density at radius 2 is 2.18 bits per heavy atom. The first kappa shape index (κ1) is 9.44. The van der Waals surface area contributed by atoms with Gasteiger partial charge >= 0.3 is 0 Å². The predicted octanol–water partition coefficient (Wildman–Crippen LogP) is -0.119. The maximum absolute atomic E-state index is 10.7. The zero-order chi connectivity index (χ0) is 8.69. The third-order valence-corrected chi connectivity index (χ3v) is 0.834. The number of amides is 1. The fourth-order valence-corrected chi connectivity index (χ4v) is 0.390. The van der Waals surface area contributed by atoms with Crippen LogP contribution in [0.2, 0.25) is 0 Å². The molecule has 0 aliphatic rings. The minimum Gasteiger partial charge on any atom is -0.342 e. The van der Waals surface area contributed by atoms with E-state index in [1.165, 1.54) is 13.0 Å². The zero-order valence-corrected chi connectivity index (χ0v) is 6.26. The van der Waals surface area contributed by atoms with Gasteiger partial charge in [-0.3, -0.25) is 9.59 Å². The molecule has 0 unspecified atom stereocenters. The van der Waals surface area contributed by atoms with Crippen LogP contribution >= 0.6 is 0 Å². The summed E-state index contributed by atoms with van der Waals surface area (Å²) in [4.78, 5) is 21.0. The van der Waals surface area contributed by atoms with Gasteiger partial charge in [-0.1, -0.05) is 5.92 Å². The molecular formula is C8H9NO2. The van der Waals surface area contributed by atoms with Gasteiger partial charge in [0.2, 0.25) is 5.91 Å². The Balaban J connectivity index is 3.71. The van der Waals surface area contributed by atoms with Crippen LogP contribution in [-0.2, 0) is 9.59 Å². The molecule has 0 atom stereocenters. The van der Waals surface area contributed by atoms with Crippen molar-refractivity contribution in [2.75, 3.05) is 6.54 Å². The van der Waals surface area contributed by atoms with Crippen molar-refractivity contribution in [1.82, 2.24) is 5.32 Å². The smallest absolute Gasteiger partial charge is 0.244 e. The molecule has 3 nitrogen and oxygen atoms in total. The van der Waals surface area contributed by atoms with E-state index in [1.54, 1.807) is 0 Å². The van der Waals surface area contributed by atoms with Crippen LogP contribution in [0.25, 0.3) is 0 Å². The predicted molar refractivity (Wildman–Crippen MR) is 41.7 cm³/mol. The lowest BCUT2D eigenvalue weighted by Gasteiger charge is -1.91. The Labute approximate surface area is 65.5 Å². The standard InChI is InChI=1S/C8H9NO2/c1-3-6-9-8(11)5-4-7(2)10/h1,4-5H,6H2,2H3,(H,9,11)/b5-4+. The number of nitrogens with one attached hydrogen (secondary N) is 1. The van der Waals surface area contributed by atoms with Gasteiger partial charge in [-0.2, -0.15) is 0 Å². The van der Waals surface area contributed by atoms with Crippen molar-refractivity contribution in [3.63, 3.8) is 0 Å². The highest BCUT2D eigenvalue weighted by molar-refractivity contribution is 5.96. The van der Waals surface area contributed by atoms with Crippen LogP contribution in [0.4, 0.5) is 0 Å². The van der Waals surface area contributed by atoms with E-state index < -0.39 is 0 Å². The molecule has 58 valence electrons. The normalized spacial score (nSPS) is 9.09. The van der Waals surface area contributed by atoms with Gasteiger partial charge in [0.1, 0.15) is 0 Å². The third kappa shape index (κ3) is 6.32. The molecule has 0 saturated carbocycles. The first-order valence-electron chi connectivity index (χ1n) is 3.06. The molecule has 0 heterocycles. The molecule has 0 fully saturated rings. The number of carbonyl (C=O) groups excluding carboxylic acids is 2. The molecule has 11 heavy (non-hydrogen) atoms. The summed E-state index contributed by atoms with van der Waals surface area (Å²) in [6.07, 6.45) is 7.22. The lowest BCUT2D eigenvalue weighted by Crippen LogP contribution is -2.21. The van der Waals surface area contributed by atoms with Crippen LogP contribution in [0.15, 0.2) is 12.2 Å². The molecule has 0 aromatic rings. The summed E-state index contributed by atoms with van der Waals surface area (Å²) in [6.45, 7) is 1.55. The number of hydrogen-bond donors (Lipinski definition) is 1. The maximum Gasteiger partial charge on any atom is 0.244 e.